The summed E-state index contributed by atoms with van der Waals surface area (Å²) in [5.74, 6) is -0.430. The Bertz CT molecular complexity index is 493. The number of alkyl halides is 4. The van der Waals surface area contributed by atoms with Crippen LogP contribution in [0.5, 0.6) is 0 Å². The van der Waals surface area contributed by atoms with Crippen LogP contribution in [0.25, 0.3) is 0 Å². The number of halogens is 4. The summed E-state index contributed by atoms with van der Waals surface area (Å²) in [5.41, 5.74) is 0.871. The average molecular weight is 402 g/mol. The number of hydrogen-bond acceptors (Lipinski definition) is 3. The summed E-state index contributed by atoms with van der Waals surface area (Å²) >= 11 is 3.55. The number of rotatable bonds is 5. The van der Waals surface area contributed by atoms with Crippen molar-refractivity contribution in [3.8, 4) is 0 Å². The van der Waals surface area contributed by atoms with Gasteiger partial charge in [0.1, 0.15) is 0 Å². The average Bonchev–Trinajstić information content (AvgIpc) is 2.77. The molecule has 1 aliphatic rings. The van der Waals surface area contributed by atoms with Crippen molar-refractivity contribution in [3.05, 3.63) is 38.7 Å². The molecule has 0 spiro atoms. The van der Waals surface area contributed by atoms with E-state index in [9.17, 15) is 13.6 Å². The van der Waals surface area contributed by atoms with Gasteiger partial charge in [-0.3, -0.25) is 0 Å². The number of nitrogens with zero attached hydrogens (tertiary/aromatic N) is 1. The second-order valence-corrected chi connectivity index (χ2v) is 9.84. The molecule has 2 heterocycles. The predicted octanol–water partition coefficient (Wildman–Crippen LogP) is 3.45. The number of cyclic esters (lactones) is 1. The van der Waals surface area contributed by atoms with E-state index in [0.717, 1.165) is 9.14 Å². The van der Waals surface area contributed by atoms with Gasteiger partial charge < -0.3 is 0 Å². The van der Waals surface area contributed by atoms with Gasteiger partial charge in [-0.1, -0.05) is 0 Å². The van der Waals surface area contributed by atoms with E-state index in [1.165, 1.54) is 6.08 Å². The van der Waals surface area contributed by atoms with Gasteiger partial charge in [-0.25, -0.2) is 0 Å². The molecule has 0 unspecified atom stereocenters. The van der Waals surface area contributed by atoms with Crippen LogP contribution < -0.4 is 0 Å². The van der Waals surface area contributed by atoms with E-state index >= 15 is 0 Å². The third-order valence-electron chi connectivity index (χ3n) is 2.38. The summed E-state index contributed by atoms with van der Waals surface area (Å²) in [5, 5.41) is 0.372. The Hall–Kier alpha value is -0.760. The number of ether oxygens (including phenoxy) is 1. The van der Waals surface area contributed by atoms with Crippen LogP contribution in [-0.2, 0) is 14.0 Å². The molecule has 3 nitrogen and oxygen atoms in total. The zero-order valence-electron chi connectivity index (χ0n) is 9.78. The Labute approximate surface area is 121 Å². The fourth-order valence-corrected chi connectivity index (χ4v) is 6.65. The van der Waals surface area contributed by atoms with Crippen molar-refractivity contribution in [2.75, 3.05) is 11.0 Å². The van der Waals surface area contributed by atoms with Gasteiger partial charge in [-0.05, 0) is 0 Å². The molecule has 0 atom stereocenters. The van der Waals surface area contributed by atoms with E-state index in [1.54, 1.807) is 18.3 Å². The van der Waals surface area contributed by atoms with Crippen LogP contribution in [0.1, 0.15) is 5.56 Å². The van der Waals surface area contributed by atoms with Crippen LogP contribution in [0.4, 0.5) is 8.78 Å². The molecule has 0 aromatic carbocycles. The van der Waals surface area contributed by atoms with Gasteiger partial charge in [0.25, 0.3) is 0 Å². The molecule has 2 rings (SSSR count). The van der Waals surface area contributed by atoms with Gasteiger partial charge in [-0.2, -0.15) is 0 Å². The van der Waals surface area contributed by atoms with E-state index in [-0.39, 0.29) is 11.0 Å². The molecule has 0 aliphatic carbocycles. The standard InChI is InChI=1S/C12H11ClF2INO2/c13-10-2-1-8(6-17-10)4-16(5-11(14)15)9-3-12(18)19-7-9/h1-3,6,11H,4-5,7H2. The molecule has 0 amide bonds. The summed E-state index contributed by atoms with van der Waals surface area (Å²) in [7, 11) is 0. The zero-order chi connectivity index (χ0) is 13.8. The summed E-state index contributed by atoms with van der Waals surface area (Å²) in [4.78, 5) is 15.0. The van der Waals surface area contributed by atoms with Gasteiger partial charge in [0.15, 0.2) is 0 Å². The van der Waals surface area contributed by atoms with E-state index in [0.29, 0.717) is 9.58 Å². The topological polar surface area (TPSA) is 39.2 Å². The van der Waals surface area contributed by atoms with Gasteiger partial charge in [0, 0.05) is 0 Å². The maximum atomic E-state index is 12.7. The van der Waals surface area contributed by atoms with Crippen LogP contribution in [0, 0.1) is 0 Å². The SMILES string of the molecule is O=C1C=C(I(Cc2ccc(Cl)nc2)CC(F)F)CO1. The molecule has 7 heteroatoms. The number of esters is 1. The molecule has 104 valence electrons. The number of aromatic nitrogens is 1. The number of carbonyl (C=O) groups excluding carboxylic acids is 1. The van der Waals surface area contributed by atoms with Gasteiger partial charge >= 0.3 is 121 Å². The minimum atomic E-state index is -2.36. The molecule has 1 aromatic rings. The number of pyridine rings is 1. The van der Waals surface area contributed by atoms with Gasteiger partial charge in [0.05, 0.1) is 0 Å². The first-order valence-corrected chi connectivity index (χ1v) is 9.93. The van der Waals surface area contributed by atoms with Crippen molar-refractivity contribution in [1.82, 2.24) is 4.98 Å². The molecule has 19 heavy (non-hydrogen) atoms. The molecule has 1 aliphatic heterocycles. The van der Waals surface area contributed by atoms with E-state index in [1.807, 2.05) is 0 Å². The fraction of sp³-hybridized carbons (Fsp3) is 0.333. The van der Waals surface area contributed by atoms with E-state index < -0.39 is 32.2 Å². The molecule has 1 aromatic heterocycles. The van der Waals surface area contributed by atoms with E-state index in [2.05, 4.69) is 4.98 Å². The second kappa shape index (κ2) is 6.60. The van der Waals surface area contributed by atoms with Crippen LogP contribution in [0.2, 0.25) is 5.15 Å². The monoisotopic (exact) mass is 401 g/mol. The zero-order valence-corrected chi connectivity index (χ0v) is 12.7. The summed E-state index contributed by atoms with van der Waals surface area (Å²) in [6.45, 7) is 0.164. The Morgan fingerprint density at radius 3 is 2.79 bits per heavy atom. The van der Waals surface area contributed by atoms with Crippen molar-refractivity contribution in [2.24, 2.45) is 0 Å². The second-order valence-electron chi connectivity index (χ2n) is 3.82. The molecule has 0 N–H and O–H groups in total. The van der Waals surface area contributed by atoms with Crippen molar-refractivity contribution in [1.29, 1.82) is 0 Å². The predicted molar refractivity (Wildman–Crippen MR) is 76.9 cm³/mol. The third kappa shape index (κ3) is 4.38. The normalized spacial score (nSPS) is 15.5. The van der Waals surface area contributed by atoms with Crippen LogP contribution in [0.3, 0.4) is 0 Å². The Kier molecular flexibility index (Phi) is 5.09. The van der Waals surface area contributed by atoms with Crippen molar-refractivity contribution < 1.29 is 18.3 Å². The number of carbonyl (C=O) groups is 1. The molecular weight excluding hydrogens is 390 g/mol. The minimum absolute atomic E-state index is 0.144. The van der Waals surface area contributed by atoms with Crippen LogP contribution >= 0.6 is 31.4 Å². The van der Waals surface area contributed by atoms with Crippen molar-refractivity contribution in [2.45, 2.75) is 10.9 Å². The molecule has 0 saturated carbocycles. The summed E-state index contributed by atoms with van der Waals surface area (Å²) < 4.78 is 31.3. The molecule has 0 bridgehead atoms. The first-order chi connectivity index (χ1) is 9.04. The maximum absolute atomic E-state index is 12.7. The van der Waals surface area contributed by atoms with Gasteiger partial charge in [0.2, 0.25) is 0 Å². The first kappa shape index (κ1) is 14.6. The molecule has 0 saturated heterocycles. The summed E-state index contributed by atoms with van der Waals surface area (Å²) in [6, 6.07) is 3.42. The van der Waals surface area contributed by atoms with Crippen molar-refractivity contribution in [3.63, 3.8) is 0 Å². The quantitative estimate of drug-likeness (QED) is 0.328. The number of hydrogen-bond donors (Lipinski definition) is 0. The fourth-order valence-electron chi connectivity index (χ4n) is 1.56. The Morgan fingerprint density at radius 1 is 1.47 bits per heavy atom. The summed E-state index contributed by atoms with van der Waals surface area (Å²) in [6.07, 6.45) is 0.606. The Balaban J connectivity index is 2.11. The molecule has 0 radical (unpaired) electrons. The van der Waals surface area contributed by atoms with Crippen LogP contribution in [-0.4, -0.2) is 28.4 Å². The first-order valence-electron chi connectivity index (χ1n) is 5.42. The third-order valence-corrected chi connectivity index (χ3v) is 8.71. The molecular formula is C12H11ClF2INO2. The van der Waals surface area contributed by atoms with Crippen LogP contribution in [0.15, 0.2) is 28.0 Å². The van der Waals surface area contributed by atoms with E-state index in [4.69, 9.17) is 16.3 Å². The Morgan fingerprint density at radius 2 is 2.26 bits per heavy atom. The van der Waals surface area contributed by atoms with Gasteiger partial charge in [-0.15, -0.1) is 0 Å². The molecule has 0 fully saturated rings. The van der Waals surface area contributed by atoms with Crippen molar-refractivity contribution >= 4 is 37.4 Å².